The topological polar surface area (TPSA) is 63.4 Å². The molecule has 1 aliphatic heterocycles. The van der Waals surface area contributed by atoms with E-state index in [4.69, 9.17) is 5.73 Å². The fourth-order valence-corrected chi connectivity index (χ4v) is 2.98. The van der Waals surface area contributed by atoms with Crippen LogP contribution in [0.3, 0.4) is 0 Å². The molecule has 0 aromatic rings. The molecule has 1 heterocycles. The highest BCUT2D eigenvalue weighted by atomic mass is 32.2. The number of alkyl halides is 3. The fourth-order valence-electron chi connectivity index (χ4n) is 1.75. The predicted octanol–water partition coefficient (Wildman–Crippen LogP) is -0.00350. The van der Waals surface area contributed by atoms with Gasteiger partial charge in [0, 0.05) is 13.1 Å². The maximum atomic E-state index is 12.6. The molecule has 1 atom stereocenters. The number of halogens is 3. The Kier molecular flexibility index (Phi) is 4.19. The van der Waals surface area contributed by atoms with E-state index in [-0.39, 0.29) is 37.6 Å². The predicted molar refractivity (Wildman–Crippen MR) is 53.7 cm³/mol. The van der Waals surface area contributed by atoms with Gasteiger partial charge in [0.15, 0.2) is 9.84 Å². The van der Waals surface area contributed by atoms with Gasteiger partial charge in [0.25, 0.3) is 0 Å². The molecular weight excluding hydrogens is 245 g/mol. The van der Waals surface area contributed by atoms with Crippen molar-refractivity contribution in [3.05, 3.63) is 0 Å². The largest absolute Gasteiger partial charge is 0.404 e. The summed E-state index contributed by atoms with van der Waals surface area (Å²) in [7, 11) is -3.15. The summed E-state index contributed by atoms with van der Waals surface area (Å²) in [6.07, 6.45) is -4.54. The van der Waals surface area contributed by atoms with E-state index in [1.54, 1.807) is 0 Å². The summed E-state index contributed by atoms with van der Waals surface area (Å²) in [6.45, 7) is -0.188. The lowest BCUT2D eigenvalue weighted by atomic mass is 10.1. The van der Waals surface area contributed by atoms with E-state index >= 15 is 0 Å². The quantitative estimate of drug-likeness (QED) is 0.775. The highest BCUT2D eigenvalue weighted by Gasteiger charge is 2.44. The van der Waals surface area contributed by atoms with Gasteiger partial charge in [-0.3, -0.25) is 4.90 Å². The van der Waals surface area contributed by atoms with Gasteiger partial charge in [-0.15, -0.1) is 0 Å². The average Bonchev–Trinajstić information content (AvgIpc) is 2.13. The molecule has 0 saturated carbocycles. The first-order chi connectivity index (χ1) is 7.26. The number of hydrogen-bond acceptors (Lipinski definition) is 4. The number of hydrogen-bond donors (Lipinski definition) is 1. The minimum Gasteiger partial charge on any atom is -0.330 e. The second-order valence-electron chi connectivity index (χ2n) is 3.82. The summed E-state index contributed by atoms with van der Waals surface area (Å²) in [5.41, 5.74) is 5.14. The fraction of sp³-hybridized carbons (Fsp3) is 1.00. The van der Waals surface area contributed by atoms with Crippen LogP contribution in [0.5, 0.6) is 0 Å². The molecule has 2 N–H and O–H groups in total. The number of nitrogens with zero attached hydrogens (tertiary/aromatic N) is 1. The molecular formula is C8H15F3N2O2S. The molecule has 0 spiro atoms. The third-order valence-corrected chi connectivity index (χ3v) is 4.25. The van der Waals surface area contributed by atoms with E-state index < -0.39 is 22.1 Å². The minimum absolute atomic E-state index is 0.0621. The Morgan fingerprint density at radius 2 is 1.75 bits per heavy atom. The lowest BCUT2D eigenvalue weighted by molar-refractivity contribution is -0.184. The van der Waals surface area contributed by atoms with Crippen LogP contribution < -0.4 is 5.73 Å². The van der Waals surface area contributed by atoms with Gasteiger partial charge in [0.05, 0.1) is 11.5 Å². The van der Waals surface area contributed by atoms with Gasteiger partial charge in [0.1, 0.15) is 6.04 Å². The molecule has 1 aliphatic rings. The molecule has 0 radical (unpaired) electrons. The number of sulfone groups is 1. The number of rotatable bonds is 3. The monoisotopic (exact) mass is 260 g/mol. The van der Waals surface area contributed by atoms with Crippen LogP contribution in [0.1, 0.15) is 6.42 Å². The Morgan fingerprint density at radius 3 is 2.12 bits per heavy atom. The summed E-state index contributed by atoms with van der Waals surface area (Å²) in [4.78, 5) is 1.16. The minimum atomic E-state index is -4.35. The van der Waals surface area contributed by atoms with Gasteiger partial charge < -0.3 is 5.73 Å². The third kappa shape index (κ3) is 3.60. The third-order valence-electron chi connectivity index (χ3n) is 2.64. The second-order valence-corrected chi connectivity index (χ2v) is 6.13. The molecule has 8 heteroatoms. The molecule has 1 fully saturated rings. The van der Waals surface area contributed by atoms with Crippen LogP contribution in [0.15, 0.2) is 0 Å². The molecule has 0 aliphatic carbocycles. The summed E-state index contributed by atoms with van der Waals surface area (Å²) >= 11 is 0. The molecule has 0 amide bonds. The number of nitrogens with two attached hydrogens (primary N) is 1. The SMILES string of the molecule is NCCC(N1CCS(=O)(=O)CC1)C(F)(F)F. The molecule has 0 aromatic carbocycles. The van der Waals surface area contributed by atoms with Crippen LogP contribution in [-0.4, -0.2) is 56.7 Å². The Morgan fingerprint density at radius 1 is 1.25 bits per heavy atom. The summed E-state index contributed by atoms with van der Waals surface area (Å²) < 4.78 is 60.1. The van der Waals surface area contributed by atoms with Crippen LogP contribution in [0.25, 0.3) is 0 Å². The van der Waals surface area contributed by atoms with Gasteiger partial charge in [-0.25, -0.2) is 8.42 Å². The second kappa shape index (κ2) is 4.89. The highest BCUT2D eigenvalue weighted by molar-refractivity contribution is 7.91. The van der Waals surface area contributed by atoms with Crippen molar-refractivity contribution < 1.29 is 21.6 Å². The first-order valence-corrected chi connectivity index (χ1v) is 6.79. The summed E-state index contributed by atoms with van der Waals surface area (Å²) in [6, 6.07) is -1.62. The zero-order chi connectivity index (χ0) is 12.4. The zero-order valence-corrected chi connectivity index (χ0v) is 9.52. The van der Waals surface area contributed by atoms with Crippen LogP contribution in [-0.2, 0) is 9.84 Å². The summed E-state index contributed by atoms with van der Waals surface area (Å²) in [5, 5.41) is 0. The van der Waals surface area contributed by atoms with Gasteiger partial charge >= 0.3 is 6.18 Å². The molecule has 4 nitrogen and oxygen atoms in total. The van der Waals surface area contributed by atoms with E-state index in [0.29, 0.717) is 0 Å². The van der Waals surface area contributed by atoms with E-state index in [9.17, 15) is 21.6 Å². The first-order valence-electron chi connectivity index (χ1n) is 4.97. The van der Waals surface area contributed by atoms with Gasteiger partial charge in [-0.1, -0.05) is 0 Å². The normalized spacial score (nSPS) is 24.2. The molecule has 16 heavy (non-hydrogen) atoms. The Labute approximate surface area is 92.5 Å². The Hall–Kier alpha value is -0.340. The summed E-state index contributed by atoms with van der Waals surface area (Å²) in [5.74, 6) is -0.408. The lowest BCUT2D eigenvalue weighted by Gasteiger charge is -2.35. The van der Waals surface area contributed by atoms with E-state index in [2.05, 4.69) is 0 Å². The molecule has 1 rings (SSSR count). The van der Waals surface area contributed by atoms with Crippen molar-refractivity contribution in [1.82, 2.24) is 4.90 Å². The maximum Gasteiger partial charge on any atom is 0.404 e. The van der Waals surface area contributed by atoms with Crippen molar-refractivity contribution in [3.63, 3.8) is 0 Å². The molecule has 1 saturated heterocycles. The molecule has 1 unspecified atom stereocenters. The smallest absolute Gasteiger partial charge is 0.330 e. The van der Waals surface area contributed by atoms with Gasteiger partial charge in [-0.05, 0) is 13.0 Å². The van der Waals surface area contributed by atoms with Crippen LogP contribution >= 0.6 is 0 Å². The van der Waals surface area contributed by atoms with E-state index in [1.807, 2.05) is 0 Å². The van der Waals surface area contributed by atoms with Gasteiger partial charge in [0.2, 0.25) is 0 Å². The highest BCUT2D eigenvalue weighted by Crippen LogP contribution is 2.27. The Bertz CT molecular complexity index is 315. The van der Waals surface area contributed by atoms with Gasteiger partial charge in [-0.2, -0.15) is 13.2 Å². The Balaban J connectivity index is 2.68. The lowest BCUT2D eigenvalue weighted by Crippen LogP contribution is -2.52. The van der Waals surface area contributed by atoms with Crippen LogP contribution in [0.4, 0.5) is 13.2 Å². The molecule has 0 aromatic heterocycles. The average molecular weight is 260 g/mol. The molecule has 0 bridgehead atoms. The zero-order valence-electron chi connectivity index (χ0n) is 8.70. The van der Waals surface area contributed by atoms with Crippen molar-refractivity contribution in [3.8, 4) is 0 Å². The standard InChI is InChI=1S/C8H15F3N2O2S/c9-8(10,11)7(1-2-12)13-3-5-16(14,15)6-4-13/h7H,1-6,12H2. The van der Waals surface area contributed by atoms with Crippen LogP contribution in [0.2, 0.25) is 0 Å². The van der Waals surface area contributed by atoms with Crippen molar-refractivity contribution in [2.75, 3.05) is 31.1 Å². The van der Waals surface area contributed by atoms with Crippen molar-refractivity contribution in [1.29, 1.82) is 0 Å². The van der Waals surface area contributed by atoms with E-state index in [0.717, 1.165) is 4.90 Å². The molecule has 96 valence electrons. The first kappa shape index (κ1) is 13.7. The van der Waals surface area contributed by atoms with Crippen molar-refractivity contribution in [2.45, 2.75) is 18.6 Å². The maximum absolute atomic E-state index is 12.6. The van der Waals surface area contributed by atoms with Crippen molar-refractivity contribution in [2.24, 2.45) is 5.73 Å². The van der Waals surface area contributed by atoms with E-state index in [1.165, 1.54) is 0 Å². The van der Waals surface area contributed by atoms with Crippen molar-refractivity contribution >= 4 is 9.84 Å². The van der Waals surface area contributed by atoms with Crippen LogP contribution in [0, 0.1) is 0 Å².